The van der Waals surface area contributed by atoms with Crippen LogP contribution < -0.4 is 0 Å². The highest BCUT2D eigenvalue weighted by molar-refractivity contribution is 8.14. The summed E-state index contributed by atoms with van der Waals surface area (Å²) in [5.41, 5.74) is 3.12. The second kappa shape index (κ2) is 9.11. The van der Waals surface area contributed by atoms with E-state index >= 15 is 0 Å². The minimum Gasteiger partial charge on any atom is -0.290 e. The average Bonchev–Trinajstić information content (AvgIpc) is 3.33. The Kier molecular flexibility index (Phi) is 6.34. The Morgan fingerprint density at radius 2 is 2.04 bits per heavy atom. The van der Waals surface area contributed by atoms with Crippen LogP contribution in [-0.2, 0) is 4.79 Å². The lowest BCUT2D eigenvalue weighted by Gasteiger charge is -2.16. The molecule has 0 N–H and O–H groups in total. The SMILES string of the molecule is Cc1ccccc1N=C1SCCN1C(=O)CCCSc1nc2ccccc2s1. The molecule has 0 aliphatic carbocycles. The molecule has 1 saturated heterocycles. The Bertz CT molecular complexity index is 982. The van der Waals surface area contributed by atoms with E-state index < -0.39 is 0 Å². The van der Waals surface area contributed by atoms with Crippen LogP contribution in [0.2, 0.25) is 0 Å². The topological polar surface area (TPSA) is 45.6 Å². The molecular weight excluding hydrogens is 406 g/mol. The van der Waals surface area contributed by atoms with Crippen LogP contribution in [0, 0.1) is 6.92 Å². The van der Waals surface area contributed by atoms with Crippen molar-refractivity contribution in [3.63, 3.8) is 0 Å². The molecule has 1 fully saturated rings. The van der Waals surface area contributed by atoms with Gasteiger partial charge in [0.1, 0.15) is 0 Å². The van der Waals surface area contributed by atoms with E-state index in [2.05, 4.69) is 11.1 Å². The molecule has 4 rings (SSSR count). The van der Waals surface area contributed by atoms with Crippen molar-refractivity contribution in [3.8, 4) is 0 Å². The van der Waals surface area contributed by atoms with Crippen LogP contribution in [-0.4, -0.2) is 39.0 Å². The predicted octanol–water partition coefficient (Wildman–Crippen LogP) is 5.74. The second-order valence-electron chi connectivity index (χ2n) is 6.47. The van der Waals surface area contributed by atoms with E-state index in [0.29, 0.717) is 6.42 Å². The molecule has 1 aromatic heterocycles. The Balaban J connectivity index is 1.31. The molecule has 144 valence electrons. The monoisotopic (exact) mass is 427 g/mol. The number of para-hydroxylation sites is 2. The number of nitrogens with zero attached hydrogens (tertiary/aromatic N) is 3. The van der Waals surface area contributed by atoms with Gasteiger partial charge in [-0.25, -0.2) is 9.98 Å². The number of amides is 1. The zero-order chi connectivity index (χ0) is 19.3. The van der Waals surface area contributed by atoms with Crippen LogP contribution in [0.3, 0.4) is 0 Å². The molecule has 0 unspecified atom stereocenters. The molecule has 0 radical (unpaired) electrons. The highest BCUT2D eigenvalue weighted by atomic mass is 32.2. The van der Waals surface area contributed by atoms with E-state index in [4.69, 9.17) is 4.99 Å². The van der Waals surface area contributed by atoms with Gasteiger partial charge in [-0.15, -0.1) is 11.3 Å². The number of hydrogen-bond acceptors (Lipinski definition) is 6. The Morgan fingerprint density at radius 1 is 1.21 bits per heavy atom. The van der Waals surface area contributed by atoms with E-state index in [9.17, 15) is 4.79 Å². The van der Waals surface area contributed by atoms with Crippen molar-refractivity contribution < 1.29 is 4.79 Å². The summed E-state index contributed by atoms with van der Waals surface area (Å²) in [6.07, 6.45) is 1.39. The summed E-state index contributed by atoms with van der Waals surface area (Å²) in [6, 6.07) is 16.2. The van der Waals surface area contributed by atoms with Crippen LogP contribution in [0.4, 0.5) is 5.69 Å². The molecule has 1 aliphatic heterocycles. The Morgan fingerprint density at radius 3 is 2.89 bits per heavy atom. The molecule has 0 saturated carbocycles. The molecular formula is C21H21N3OS3. The van der Waals surface area contributed by atoms with Crippen LogP contribution >= 0.6 is 34.9 Å². The van der Waals surface area contributed by atoms with Gasteiger partial charge in [0, 0.05) is 24.5 Å². The van der Waals surface area contributed by atoms with E-state index in [0.717, 1.165) is 50.7 Å². The summed E-state index contributed by atoms with van der Waals surface area (Å²) in [4.78, 5) is 23.9. The number of thioether (sulfide) groups is 2. The van der Waals surface area contributed by atoms with E-state index in [1.54, 1.807) is 34.9 Å². The molecule has 7 heteroatoms. The fourth-order valence-electron chi connectivity index (χ4n) is 2.95. The van der Waals surface area contributed by atoms with Gasteiger partial charge in [-0.2, -0.15) is 0 Å². The van der Waals surface area contributed by atoms with Gasteiger partial charge in [-0.1, -0.05) is 53.9 Å². The van der Waals surface area contributed by atoms with E-state index in [1.807, 2.05) is 54.3 Å². The summed E-state index contributed by atoms with van der Waals surface area (Å²) in [6.45, 7) is 2.80. The summed E-state index contributed by atoms with van der Waals surface area (Å²) in [7, 11) is 0. The minimum atomic E-state index is 0.169. The highest BCUT2D eigenvalue weighted by Crippen LogP contribution is 2.30. The zero-order valence-corrected chi connectivity index (χ0v) is 18.1. The predicted molar refractivity (Wildman–Crippen MR) is 122 cm³/mol. The summed E-state index contributed by atoms with van der Waals surface area (Å²) in [5.74, 6) is 1.98. The molecule has 28 heavy (non-hydrogen) atoms. The lowest BCUT2D eigenvalue weighted by molar-refractivity contribution is -0.126. The van der Waals surface area contributed by atoms with E-state index in [1.165, 1.54) is 4.70 Å². The third-order valence-electron chi connectivity index (χ3n) is 4.44. The lowest BCUT2D eigenvalue weighted by atomic mass is 10.2. The molecule has 2 aromatic carbocycles. The van der Waals surface area contributed by atoms with E-state index in [-0.39, 0.29) is 5.91 Å². The van der Waals surface area contributed by atoms with Crippen molar-refractivity contribution >= 4 is 61.8 Å². The maximum Gasteiger partial charge on any atom is 0.228 e. The minimum absolute atomic E-state index is 0.169. The van der Waals surface area contributed by atoms with Crippen molar-refractivity contribution in [2.75, 3.05) is 18.1 Å². The van der Waals surface area contributed by atoms with Gasteiger partial charge in [0.2, 0.25) is 5.91 Å². The molecule has 0 bridgehead atoms. The maximum absolute atomic E-state index is 12.7. The fourth-order valence-corrected chi connectivity index (χ4v) is 5.99. The first-order valence-corrected chi connectivity index (χ1v) is 12.1. The number of fused-ring (bicyclic) bond motifs is 1. The number of thiazole rings is 1. The van der Waals surface area contributed by atoms with Gasteiger partial charge >= 0.3 is 0 Å². The Labute approximate surface area is 177 Å². The van der Waals surface area contributed by atoms with Crippen LogP contribution in [0.5, 0.6) is 0 Å². The van der Waals surface area contributed by atoms with Gasteiger partial charge in [-0.05, 0) is 37.1 Å². The third kappa shape index (κ3) is 4.59. The number of carbonyl (C=O) groups excluding carboxylic acids is 1. The number of hydrogen-bond donors (Lipinski definition) is 0. The Hall–Kier alpha value is -1.83. The fraction of sp³-hybridized carbons (Fsp3) is 0.286. The molecule has 0 atom stereocenters. The number of benzene rings is 2. The largest absolute Gasteiger partial charge is 0.290 e. The van der Waals surface area contributed by atoms with Crippen molar-refractivity contribution in [1.82, 2.24) is 9.88 Å². The van der Waals surface area contributed by atoms with Crippen molar-refractivity contribution in [2.45, 2.75) is 24.1 Å². The summed E-state index contributed by atoms with van der Waals surface area (Å²) >= 11 is 5.12. The summed E-state index contributed by atoms with van der Waals surface area (Å²) in [5, 5.41) is 0.832. The normalized spacial score (nSPS) is 15.6. The molecule has 4 nitrogen and oxygen atoms in total. The smallest absolute Gasteiger partial charge is 0.228 e. The zero-order valence-electron chi connectivity index (χ0n) is 15.6. The van der Waals surface area contributed by atoms with Gasteiger partial charge in [-0.3, -0.25) is 9.69 Å². The lowest BCUT2D eigenvalue weighted by Crippen LogP contribution is -2.31. The molecule has 2 heterocycles. The maximum atomic E-state index is 12.7. The summed E-state index contributed by atoms with van der Waals surface area (Å²) < 4.78 is 2.29. The highest BCUT2D eigenvalue weighted by Gasteiger charge is 2.25. The number of carbonyl (C=O) groups is 1. The molecule has 1 aliphatic rings. The van der Waals surface area contributed by atoms with Crippen molar-refractivity contribution in [1.29, 1.82) is 0 Å². The van der Waals surface area contributed by atoms with Crippen LogP contribution in [0.15, 0.2) is 57.9 Å². The number of aliphatic imine (C=N–C) groups is 1. The quantitative estimate of drug-likeness (QED) is 0.372. The number of rotatable bonds is 6. The van der Waals surface area contributed by atoms with Crippen molar-refractivity contribution in [3.05, 3.63) is 54.1 Å². The van der Waals surface area contributed by atoms with Crippen LogP contribution in [0.1, 0.15) is 18.4 Å². The van der Waals surface area contributed by atoms with Gasteiger partial charge in [0.15, 0.2) is 9.51 Å². The first kappa shape index (κ1) is 19.5. The van der Waals surface area contributed by atoms with Gasteiger partial charge in [0.05, 0.1) is 15.9 Å². The standard InChI is InChI=1S/C21H21N3OS3/c1-15-7-2-3-8-16(15)22-20-24(12-14-26-20)19(25)11-6-13-27-21-23-17-9-4-5-10-18(17)28-21/h2-5,7-10H,6,11-14H2,1H3. The number of aryl methyl sites for hydroxylation is 1. The first-order valence-electron chi connectivity index (χ1n) is 9.26. The average molecular weight is 428 g/mol. The van der Waals surface area contributed by atoms with Crippen molar-refractivity contribution in [2.24, 2.45) is 4.99 Å². The molecule has 0 spiro atoms. The third-order valence-corrected chi connectivity index (χ3v) is 7.67. The van der Waals surface area contributed by atoms with Crippen LogP contribution in [0.25, 0.3) is 10.2 Å². The second-order valence-corrected chi connectivity index (χ2v) is 9.91. The number of amidine groups is 1. The molecule has 3 aromatic rings. The van der Waals surface area contributed by atoms with Gasteiger partial charge < -0.3 is 0 Å². The first-order chi connectivity index (χ1) is 13.7. The number of aromatic nitrogens is 1. The molecule has 1 amide bonds. The van der Waals surface area contributed by atoms with Gasteiger partial charge in [0.25, 0.3) is 0 Å².